The quantitative estimate of drug-likeness (QED) is 0.576. The number of fused-ring (bicyclic) bond motifs is 1. The summed E-state index contributed by atoms with van der Waals surface area (Å²) in [5.41, 5.74) is 1.24. The number of carbonyl (C=O) groups is 1. The minimum Gasteiger partial charge on any atom is -0.481 e. The van der Waals surface area contributed by atoms with Gasteiger partial charge in [-0.1, -0.05) is 30.3 Å². The molecule has 1 N–H and O–H groups in total. The fraction of sp³-hybridized carbons (Fsp3) is 0.318. The first-order valence-corrected chi connectivity index (χ1v) is 11.3. The number of rotatable bonds is 5. The van der Waals surface area contributed by atoms with Crippen molar-refractivity contribution in [1.29, 1.82) is 0 Å². The molecule has 2 heterocycles. The first-order valence-electron chi connectivity index (χ1n) is 9.25. The zero-order valence-electron chi connectivity index (χ0n) is 15.3. The van der Waals surface area contributed by atoms with Gasteiger partial charge < -0.3 is 5.11 Å². The van der Waals surface area contributed by atoms with Crippen LogP contribution in [0.5, 0.6) is 0 Å². The van der Waals surface area contributed by atoms with Crippen LogP contribution in [0.25, 0.3) is 10.1 Å². The number of thioether (sulfide) groups is 1. The van der Waals surface area contributed by atoms with Crippen molar-refractivity contribution in [1.82, 2.24) is 4.90 Å². The number of hydrogen-bond donors (Lipinski definition) is 1. The van der Waals surface area contributed by atoms with E-state index in [-0.39, 0.29) is 12.0 Å². The van der Waals surface area contributed by atoms with E-state index in [2.05, 4.69) is 65.8 Å². The molecule has 2 atom stereocenters. The Morgan fingerprint density at radius 1 is 1.22 bits per heavy atom. The highest BCUT2D eigenvalue weighted by molar-refractivity contribution is 7.98. The van der Waals surface area contributed by atoms with Crippen LogP contribution in [0.15, 0.2) is 59.5 Å². The standard InChI is InChI=1S/C22H23NO2S2/c1-26-18-10-8-15(9-11-18)21(23-12-4-6-17(14-23)22(24)25)20-13-16-5-2-3-7-19(16)27-20/h2-3,5,7-11,13,17,21H,4,6,12,14H2,1H3,(H,24,25). The summed E-state index contributed by atoms with van der Waals surface area (Å²) >= 11 is 3.56. The van der Waals surface area contributed by atoms with Crippen LogP contribution < -0.4 is 0 Å². The molecule has 5 heteroatoms. The molecule has 140 valence electrons. The number of aliphatic carboxylic acids is 1. The van der Waals surface area contributed by atoms with Gasteiger partial charge in [0.05, 0.1) is 12.0 Å². The Morgan fingerprint density at radius 2 is 2.00 bits per heavy atom. The number of carboxylic acid groups (broad SMARTS) is 1. The van der Waals surface area contributed by atoms with Gasteiger partial charge in [0.2, 0.25) is 0 Å². The molecule has 4 rings (SSSR count). The molecule has 0 saturated carbocycles. The molecule has 0 spiro atoms. The lowest BCUT2D eigenvalue weighted by atomic mass is 9.94. The van der Waals surface area contributed by atoms with E-state index in [1.807, 2.05) is 11.3 Å². The topological polar surface area (TPSA) is 40.5 Å². The summed E-state index contributed by atoms with van der Waals surface area (Å²) in [6, 6.07) is 19.6. The van der Waals surface area contributed by atoms with Gasteiger partial charge in [-0.2, -0.15) is 0 Å². The van der Waals surface area contributed by atoms with Gasteiger partial charge in [-0.15, -0.1) is 23.1 Å². The largest absolute Gasteiger partial charge is 0.481 e. The molecule has 1 fully saturated rings. The van der Waals surface area contributed by atoms with Crippen molar-refractivity contribution in [3.05, 3.63) is 65.0 Å². The molecule has 3 nitrogen and oxygen atoms in total. The highest BCUT2D eigenvalue weighted by Crippen LogP contribution is 2.39. The normalized spacial score (nSPS) is 19.2. The van der Waals surface area contributed by atoms with Crippen molar-refractivity contribution < 1.29 is 9.90 Å². The van der Waals surface area contributed by atoms with Crippen LogP contribution in [0.1, 0.15) is 29.3 Å². The Morgan fingerprint density at radius 3 is 2.70 bits per heavy atom. The van der Waals surface area contributed by atoms with E-state index in [9.17, 15) is 9.90 Å². The average Bonchev–Trinajstić information content (AvgIpc) is 3.12. The first kappa shape index (κ1) is 18.5. The fourth-order valence-electron chi connectivity index (χ4n) is 3.92. The number of benzene rings is 2. The van der Waals surface area contributed by atoms with E-state index in [0.717, 1.165) is 19.4 Å². The predicted molar refractivity (Wildman–Crippen MR) is 114 cm³/mol. The molecular formula is C22H23NO2S2. The molecule has 0 bridgehead atoms. The number of piperidine rings is 1. The number of likely N-dealkylation sites (tertiary alicyclic amines) is 1. The molecule has 1 aliphatic rings. The lowest BCUT2D eigenvalue weighted by Gasteiger charge is -2.37. The number of hydrogen-bond acceptors (Lipinski definition) is 4. The molecule has 2 unspecified atom stereocenters. The van der Waals surface area contributed by atoms with E-state index in [1.165, 1.54) is 25.4 Å². The second kappa shape index (κ2) is 8.05. The van der Waals surface area contributed by atoms with Crippen molar-refractivity contribution >= 4 is 39.2 Å². The summed E-state index contributed by atoms with van der Waals surface area (Å²) in [5.74, 6) is -0.950. The Balaban J connectivity index is 1.75. The molecule has 1 aromatic heterocycles. The molecule has 0 radical (unpaired) electrons. The van der Waals surface area contributed by atoms with E-state index < -0.39 is 5.97 Å². The number of carboxylic acids is 1. The van der Waals surface area contributed by atoms with Gasteiger partial charge >= 0.3 is 5.97 Å². The summed E-state index contributed by atoms with van der Waals surface area (Å²) in [6.07, 6.45) is 3.79. The number of thiophene rings is 1. The van der Waals surface area contributed by atoms with Crippen LogP contribution in [-0.4, -0.2) is 35.3 Å². The average molecular weight is 398 g/mol. The molecule has 0 amide bonds. The van der Waals surface area contributed by atoms with Gasteiger partial charge in [0.15, 0.2) is 0 Å². The summed E-state index contributed by atoms with van der Waals surface area (Å²) < 4.78 is 1.28. The molecule has 1 saturated heterocycles. The first-order chi connectivity index (χ1) is 13.2. The van der Waals surface area contributed by atoms with Crippen LogP contribution in [0, 0.1) is 5.92 Å². The Kier molecular flexibility index (Phi) is 5.53. The molecular weight excluding hydrogens is 374 g/mol. The maximum Gasteiger partial charge on any atom is 0.307 e. The van der Waals surface area contributed by atoms with Crippen molar-refractivity contribution in [2.45, 2.75) is 23.8 Å². The predicted octanol–water partition coefficient (Wildman–Crippen LogP) is 5.51. The lowest BCUT2D eigenvalue weighted by molar-refractivity contribution is -0.143. The lowest BCUT2D eigenvalue weighted by Crippen LogP contribution is -2.41. The zero-order valence-corrected chi connectivity index (χ0v) is 16.9. The maximum absolute atomic E-state index is 11.6. The van der Waals surface area contributed by atoms with Crippen molar-refractivity contribution in [2.75, 3.05) is 19.3 Å². The second-order valence-corrected chi connectivity index (χ2v) is 9.03. The third-order valence-corrected chi connectivity index (χ3v) is 7.22. The van der Waals surface area contributed by atoms with Crippen LogP contribution in [0.3, 0.4) is 0 Å². The molecule has 3 aromatic rings. The summed E-state index contributed by atoms with van der Waals surface area (Å²) in [7, 11) is 0. The van der Waals surface area contributed by atoms with E-state index in [1.54, 1.807) is 11.8 Å². The number of nitrogens with zero attached hydrogens (tertiary/aromatic N) is 1. The van der Waals surface area contributed by atoms with Gasteiger partial charge in [-0.05, 0) is 60.9 Å². The van der Waals surface area contributed by atoms with Crippen LogP contribution in [0.2, 0.25) is 0 Å². The Hall–Kier alpha value is -1.82. The monoisotopic (exact) mass is 397 g/mol. The Labute approximate surface area is 168 Å². The van der Waals surface area contributed by atoms with Gasteiger partial charge in [0, 0.05) is 21.0 Å². The minimum atomic E-state index is -0.674. The molecule has 0 aliphatic carbocycles. The van der Waals surface area contributed by atoms with E-state index in [0.29, 0.717) is 6.54 Å². The molecule has 1 aliphatic heterocycles. The van der Waals surface area contributed by atoms with Crippen molar-refractivity contribution in [2.24, 2.45) is 5.92 Å². The highest BCUT2D eigenvalue weighted by atomic mass is 32.2. The van der Waals surface area contributed by atoms with Gasteiger partial charge in [0.25, 0.3) is 0 Å². The molecule has 27 heavy (non-hydrogen) atoms. The maximum atomic E-state index is 11.6. The van der Waals surface area contributed by atoms with Crippen molar-refractivity contribution in [3.8, 4) is 0 Å². The Bertz CT molecular complexity index is 902. The summed E-state index contributed by atoms with van der Waals surface area (Å²) in [4.78, 5) is 16.5. The van der Waals surface area contributed by atoms with Gasteiger partial charge in [-0.3, -0.25) is 9.69 Å². The fourth-order valence-corrected chi connectivity index (χ4v) is 5.56. The van der Waals surface area contributed by atoms with Crippen molar-refractivity contribution in [3.63, 3.8) is 0 Å². The van der Waals surface area contributed by atoms with Crippen LogP contribution in [-0.2, 0) is 4.79 Å². The zero-order chi connectivity index (χ0) is 18.8. The highest BCUT2D eigenvalue weighted by Gasteiger charge is 2.32. The van der Waals surface area contributed by atoms with Crippen LogP contribution >= 0.6 is 23.1 Å². The summed E-state index contributed by atoms with van der Waals surface area (Å²) in [6.45, 7) is 1.55. The second-order valence-electron chi connectivity index (χ2n) is 7.03. The SMILES string of the molecule is CSc1ccc(C(c2cc3ccccc3s2)N2CCCC(C(=O)O)C2)cc1. The molecule has 2 aromatic carbocycles. The summed E-state index contributed by atoms with van der Waals surface area (Å²) in [5, 5.41) is 10.8. The van der Waals surface area contributed by atoms with E-state index in [4.69, 9.17) is 0 Å². The smallest absolute Gasteiger partial charge is 0.307 e. The van der Waals surface area contributed by atoms with E-state index >= 15 is 0 Å². The third-order valence-electron chi connectivity index (χ3n) is 5.31. The van der Waals surface area contributed by atoms with Gasteiger partial charge in [0.1, 0.15) is 0 Å². The third kappa shape index (κ3) is 3.91. The van der Waals surface area contributed by atoms with Gasteiger partial charge in [-0.25, -0.2) is 0 Å². The van der Waals surface area contributed by atoms with Crippen LogP contribution in [0.4, 0.5) is 0 Å². The minimum absolute atomic E-state index is 0.112.